The maximum absolute atomic E-state index is 12.4. The molecule has 1 saturated carbocycles. The van der Waals surface area contributed by atoms with Gasteiger partial charge in [-0.25, -0.2) is 0 Å². The van der Waals surface area contributed by atoms with Crippen LogP contribution in [0, 0.1) is 11.8 Å². The first kappa shape index (κ1) is 12.2. The standard InChI is InChI=1S/C16H20N2O2/c19-15-6-2-5-14-13-7-11(9-18(14)15)8-17(10-13)16(20)12-3-1-4-12/h2,5-6,11-13H,1,3-4,7-10H2. The van der Waals surface area contributed by atoms with Crippen LogP contribution in [0.1, 0.15) is 37.3 Å². The van der Waals surface area contributed by atoms with Crippen molar-refractivity contribution in [1.29, 1.82) is 0 Å². The molecule has 106 valence electrons. The van der Waals surface area contributed by atoms with Gasteiger partial charge in [0.15, 0.2) is 0 Å². The van der Waals surface area contributed by atoms with Crippen LogP contribution < -0.4 is 5.56 Å². The molecule has 1 amide bonds. The predicted molar refractivity (Wildman–Crippen MR) is 75.5 cm³/mol. The normalized spacial score (nSPS) is 28.7. The van der Waals surface area contributed by atoms with Gasteiger partial charge in [0.2, 0.25) is 5.91 Å². The molecule has 3 heterocycles. The summed E-state index contributed by atoms with van der Waals surface area (Å²) in [5.41, 5.74) is 1.23. The van der Waals surface area contributed by atoms with Gasteiger partial charge in [-0.2, -0.15) is 0 Å². The summed E-state index contributed by atoms with van der Waals surface area (Å²) in [6.07, 6.45) is 4.47. The maximum Gasteiger partial charge on any atom is 0.250 e. The molecule has 1 aromatic rings. The molecule has 2 bridgehead atoms. The van der Waals surface area contributed by atoms with E-state index < -0.39 is 0 Å². The second-order valence-corrected chi connectivity index (χ2v) is 6.57. The Bertz CT molecular complexity index is 603. The third-order valence-electron chi connectivity index (χ3n) is 5.25. The average Bonchev–Trinajstić information content (AvgIpc) is 2.38. The smallest absolute Gasteiger partial charge is 0.250 e. The number of piperidine rings is 1. The minimum absolute atomic E-state index is 0.107. The topological polar surface area (TPSA) is 42.3 Å². The SMILES string of the molecule is O=C(C1CCC1)N1CC2CC(C1)c1cccc(=O)n1C2. The first-order chi connectivity index (χ1) is 9.72. The Balaban J connectivity index is 1.61. The Labute approximate surface area is 118 Å². The zero-order valence-corrected chi connectivity index (χ0v) is 11.6. The number of fused-ring (bicyclic) bond motifs is 4. The van der Waals surface area contributed by atoms with Crippen LogP contribution in [0.15, 0.2) is 23.0 Å². The van der Waals surface area contributed by atoms with Gasteiger partial charge in [-0.1, -0.05) is 12.5 Å². The molecule has 1 aromatic heterocycles. The highest BCUT2D eigenvalue weighted by Gasteiger charge is 2.38. The van der Waals surface area contributed by atoms with Crippen molar-refractivity contribution in [3.05, 3.63) is 34.2 Å². The van der Waals surface area contributed by atoms with Crippen LogP contribution in [-0.4, -0.2) is 28.5 Å². The van der Waals surface area contributed by atoms with Crippen molar-refractivity contribution in [1.82, 2.24) is 9.47 Å². The molecule has 2 fully saturated rings. The van der Waals surface area contributed by atoms with Crippen molar-refractivity contribution in [2.24, 2.45) is 11.8 Å². The molecule has 0 spiro atoms. The summed E-state index contributed by atoms with van der Waals surface area (Å²) >= 11 is 0. The van der Waals surface area contributed by atoms with Crippen LogP contribution in [0.2, 0.25) is 0 Å². The number of amides is 1. The van der Waals surface area contributed by atoms with Crippen molar-refractivity contribution in [3.8, 4) is 0 Å². The first-order valence-corrected chi connectivity index (χ1v) is 7.71. The lowest BCUT2D eigenvalue weighted by Crippen LogP contribution is -2.51. The van der Waals surface area contributed by atoms with Gasteiger partial charge in [-0.15, -0.1) is 0 Å². The van der Waals surface area contributed by atoms with Gasteiger partial charge < -0.3 is 9.47 Å². The maximum atomic E-state index is 12.4. The third kappa shape index (κ3) is 1.81. The molecule has 2 atom stereocenters. The van der Waals surface area contributed by atoms with Crippen LogP contribution in [0.4, 0.5) is 0 Å². The fourth-order valence-corrected chi connectivity index (χ4v) is 3.99. The van der Waals surface area contributed by atoms with Crippen molar-refractivity contribution < 1.29 is 4.79 Å². The number of carbonyl (C=O) groups excluding carboxylic acids is 1. The molecular weight excluding hydrogens is 252 g/mol. The molecule has 3 aliphatic rings. The van der Waals surface area contributed by atoms with E-state index in [1.54, 1.807) is 6.07 Å². The summed E-state index contributed by atoms with van der Waals surface area (Å²) in [5, 5.41) is 0. The largest absolute Gasteiger partial charge is 0.341 e. The molecule has 1 aliphatic carbocycles. The Hall–Kier alpha value is -1.58. The fraction of sp³-hybridized carbons (Fsp3) is 0.625. The van der Waals surface area contributed by atoms with Gasteiger partial charge in [0.25, 0.3) is 5.56 Å². The van der Waals surface area contributed by atoms with E-state index in [4.69, 9.17) is 0 Å². The number of rotatable bonds is 1. The van der Waals surface area contributed by atoms with E-state index in [0.29, 0.717) is 17.7 Å². The molecular formula is C16H20N2O2. The molecule has 0 radical (unpaired) electrons. The summed E-state index contributed by atoms with van der Waals surface area (Å²) in [4.78, 5) is 26.5. The fourth-order valence-electron chi connectivity index (χ4n) is 3.99. The Morgan fingerprint density at radius 1 is 1.15 bits per heavy atom. The number of hydrogen-bond acceptors (Lipinski definition) is 2. The average molecular weight is 272 g/mol. The lowest BCUT2D eigenvalue weighted by molar-refractivity contribution is -0.141. The molecule has 20 heavy (non-hydrogen) atoms. The van der Waals surface area contributed by atoms with Gasteiger partial charge in [0.05, 0.1) is 0 Å². The zero-order valence-electron chi connectivity index (χ0n) is 11.6. The van der Waals surface area contributed by atoms with Gasteiger partial charge in [0, 0.05) is 43.2 Å². The van der Waals surface area contributed by atoms with Gasteiger partial charge >= 0.3 is 0 Å². The van der Waals surface area contributed by atoms with Crippen molar-refractivity contribution in [3.63, 3.8) is 0 Å². The van der Waals surface area contributed by atoms with E-state index >= 15 is 0 Å². The molecule has 2 aliphatic heterocycles. The Morgan fingerprint density at radius 3 is 2.75 bits per heavy atom. The van der Waals surface area contributed by atoms with Gasteiger partial charge in [-0.05, 0) is 31.2 Å². The Morgan fingerprint density at radius 2 is 2.00 bits per heavy atom. The molecule has 2 unspecified atom stereocenters. The third-order valence-corrected chi connectivity index (χ3v) is 5.25. The van der Waals surface area contributed by atoms with E-state index in [9.17, 15) is 9.59 Å². The number of nitrogens with zero attached hydrogens (tertiary/aromatic N) is 2. The summed E-state index contributed by atoms with van der Waals surface area (Å²) in [7, 11) is 0. The molecule has 0 aromatic carbocycles. The van der Waals surface area contributed by atoms with E-state index in [1.165, 1.54) is 6.42 Å². The minimum Gasteiger partial charge on any atom is -0.341 e. The van der Waals surface area contributed by atoms with Crippen molar-refractivity contribution >= 4 is 5.91 Å². The first-order valence-electron chi connectivity index (χ1n) is 7.71. The molecule has 4 nitrogen and oxygen atoms in total. The lowest BCUT2D eigenvalue weighted by Gasteiger charge is -2.44. The summed E-state index contributed by atoms with van der Waals surface area (Å²) in [6, 6.07) is 5.54. The van der Waals surface area contributed by atoms with E-state index in [-0.39, 0.29) is 11.5 Å². The number of aromatic nitrogens is 1. The highest BCUT2D eigenvalue weighted by molar-refractivity contribution is 5.79. The quantitative estimate of drug-likeness (QED) is 0.779. The molecule has 4 rings (SSSR count). The van der Waals surface area contributed by atoms with Gasteiger partial charge in [0.1, 0.15) is 0 Å². The second kappa shape index (κ2) is 4.47. The Kier molecular flexibility index (Phi) is 2.72. The predicted octanol–water partition coefficient (Wildman–Crippen LogP) is 1.59. The number of hydrogen-bond donors (Lipinski definition) is 0. The number of likely N-dealkylation sites (tertiary alicyclic amines) is 1. The zero-order chi connectivity index (χ0) is 13.7. The minimum atomic E-state index is 0.107. The summed E-state index contributed by atoms with van der Waals surface area (Å²) < 4.78 is 1.92. The summed E-state index contributed by atoms with van der Waals surface area (Å²) in [5.74, 6) is 1.44. The molecule has 4 heteroatoms. The van der Waals surface area contributed by atoms with Crippen LogP contribution in [0.25, 0.3) is 0 Å². The van der Waals surface area contributed by atoms with E-state index in [1.807, 2.05) is 10.6 Å². The van der Waals surface area contributed by atoms with Crippen LogP contribution in [0.3, 0.4) is 0 Å². The van der Waals surface area contributed by atoms with Crippen LogP contribution in [-0.2, 0) is 11.3 Å². The lowest BCUT2D eigenvalue weighted by atomic mass is 9.80. The van der Waals surface area contributed by atoms with Gasteiger partial charge in [-0.3, -0.25) is 9.59 Å². The second-order valence-electron chi connectivity index (χ2n) is 6.57. The van der Waals surface area contributed by atoms with Crippen LogP contribution in [0.5, 0.6) is 0 Å². The highest BCUT2D eigenvalue weighted by atomic mass is 16.2. The highest BCUT2D eigenvalue weighted by Crippen LogP contribution is 2.37. The molecule has 1 saturated heterocycles. The van der Waals surface area contributed by atoms with Crippen molar-refractivity contribution in [2.45, 2.75) is 38.1 Å². The number of pyridine rings is 1. The van der Waals surface area contributed by atoms with Crippen molar-refractivity contribution in [2.75, 3.05) is 13.1 Å². The van der Waals surface area contributed by atoms with E-state index in [0.717, 1.165) is 44.6 Å². The van der Waals surface area contributed by atoms with E-state index in [2.05, 4.69) is 11.0 Å². The monoisotopic (exact) mass is 272 g/mol. The number of carbonyl (C=O) groups is 1. The molecule has 0 N–H and O–H groups in total. The summed E-state index contributed by atoms with van der Waals surface area (Å²) in [6.45, 7) is 2.42. The van der Waals surface area contributed by atoms with Crippen LogP contribution >= 0.6 is 0 Å².